The molecule has 1 amide bonds. The fourth-order valence-electron chi connectivity index (χ4n) is 3.25. The number of thioether (sulfide) groups is 1. The predicted octanol–water partition coefficient (Wildman–Crippen LogP) is 6.94. The molecule has 1 aliphatic heterocycles. The van der Waals surface area contributed by atoms with Crippen molar-refractivity contribution in [2.75, 3.05) is 4.90 Å². The highest BCUT2D eigenvalue weighted by molar-refractivity contribution is 8.27. The molecule has 0 unspecified atom stereocenters. The summed E-state index contributed by atoms with van der Waals surface area (Å²) in [6.07, 6.45) is 1.85. The lowest BCUT2D eigenvalue weighted by atomic mass is 10.1. The van der Waals surface area contributed by atoms with Crippen LogP contribution in [0.15, 0.2) is 71.6 Å². The molecule has 0 atom stereocenters. The lowest BCUT2D eigenvalue weighted by molar-refractivity contribution is -0.113. The second kappa shape index (κ2) is 9.27. The normalized spacial score (nSPS) is 15.1. The number of anilines is 1. The maximum absolute atomic E-state index is 13.2. The largest absolute Gasteiger partial charge is 0.488 e. The lowest BCUT2D eigenvalue weighted by Gasteiger charge is -2.17. The molecule has 1 aliphatic rings. The van der Waals surface area contributed by atoms with Crippen LogP contribution >= 0.6 is 35.6 Å². The first kappa shape index (κ1) is 21.6. The molecule has 3 aromatic carbocycles. The SMILES string of the molecule is Cc1ccc(C)c(N2C(=O)C(=Cc3ccccc3OCc3ccc(Cl)cc3)SC2=S)c1. The molecule has 0 aromatic heterocycles. The van der Waals surface area contributed by atoms with Crippen LogP contribution in [0.1, 0.15) is 22.3 Å². The highest BCUT2D eigenvalue weighted by Gasteiger charge is 2.34. The van der Waals surface area contributed by atoms with E-state index in [0.717, 1.165) is 27.9 Å². The van der Waals surface area contributed by atoms with Crippen LogP contribution in [0, 0.1) is 13.8 Å². The van der Waals surface area contributed by atoms with E-state index in [1.54, 1.807) is 4.90 Å². The summed E-state index contributed by atoms with van der Waals surface area (Å²) in [6.45, 7) is 4.40. The molecule has 4 rings (SSSR count). The number of halogens is 1. The average Bonchev–Trinajstić information content (AvgIpc) is 3.03. The number of thiocarbonyl (C=S) groups is 1. The Morgan fingerprint density at radius 2 is 1.81 bits per heavy atom. The number of ether oxygens (including phenoxy) is 1. The molecule has 0 radical (unpaired) electrons. The second-order valence-corrected chi connectivity index (χ2v) is 9.37. The van der Waals surface area contributed by atoms with Crippen molar-refractivity contribution in [2.45, 2.75) is 20.5 Å². The number of nitrogens with zero attached hydrogens (tertiary/aromatic N) is 1. The summed E-state index contributed by atoms with van der Waals surface area (Å²) < 4.78 is 6.56. The zero-order valence-corrected chi connectivity index (χ0v) is 19.5. The Balaban J connectivity index is 1.59. The van der Waals surface area contributed by atoms with Gasteiger partial charge in [-0.1, -0.05) is 78.0 Å². The Labute approximate surface area is 196 Å². The molecule has 3 aromatic rings. The van der Waals surface area contributed by atoms with E-state index in [9.17, 15) is 4.79 Å². The minimum Gasteiger partial charge on any atom is -0.488 e. The van der Waals surface area contributed by atoms with Crippen molar-refractivity contribution in [3.8, 4) is 5.75 Å². The number of carbonyl (C=O) groups excluding carboxylic acids is 1. The van der Waals surface area contributed by atoms with Crippen LogP contribution in [0.2, 0.25) is 5.02 Å². The molecule has 1 saturated heterocycles. The van der Waals surface area contributed by atoms with Gasteiger partial charge < -0.3 is 4.74 Å². The zero-order chi connectivity index (χ0) is 22.0. The van der Waals surface area contributed by atoms with E-state index in [-0.39, 0.29) is 5.91 Å². The molecule has 0 aliphatic carbocycles. The molecule has 156 valence electrons. The Hall–Kier alpha value is -2.60. The summed E-state index contributed by atoms with van der Waals surface area (Å²) >= 11 is 12.8. The number of carbonyl (C=O) groups is 1. The smallest absolute Gasteiger partial charge is 0.270 e. The highest BCUT2D eigenvalue weighted by atomic mass is 35.5. The van der Waals surface area contributed by atoms with Gasteiger partial charge in [0.15, 0.2) is 4.32 Å². The maximum atomic E-state index is 13.2. The van der Waals surface area contributed by atoms with Gasteiger partial charge in [0.25, 0.3) is 5.91 Å². The van der Waals surface area contributed by atoms with Gasteiger partial charge in [0, 0.05) is 10.6 Å². The number of rotatable bonds is 5. The molecule has 6 heteroatoms. The van der Waals surface area contributed by atoms with Crippen molar-refractivity contribution in [3.05, 3.63) is 98.9 Å². The van der Waals surface area contributed by atoms with Gasteiger partial charge in [-0.2, -0.15) is 0 Å². The Morgan fingerprint density at radius 1 is 1.06 bits per heavy atom. The monoisotopic (exact) mass is 465 g/mol. The van der Waals surface area contributed by atoms with Crippen LogP contribution in [0.4, 0.5) is 5.69 Å². The molecule has 0 N–H and O–H groups in total. The van der Waals surface area contributed by atoms with Crippen molar-refractivity contribution in [3.63, 3.8) is 0 Å². The van der Waals surface area contributed by atoms with E-state index in [1.165, 1.54) is 11.8 Å². The summed E-state index contributed by atoms with van der Waals surface area (Å²) in [5.41, 5.74) is 4.77. The Bertz CT molecular complexity index is 1190. The van der Waals surface area contributed by atoms with Gasteiger partial charge in [0.05, 0.1) is 10.6 Å². The molecule has 0 saturated carbocycles. The summed E-state index contributed by atoms with van der Waals surface area (Å²) in [6, 6.07) is 21.2. The average molecular weight is 466 g/mol. The van der Waals surface area contributed by atoms with Gasteiger partial charge in [-0.15, -0.1) is 0 Å². The van der Waals surface area contributed by atoms with E-state index < -0.39 is 0 Å². The first-order valence-electron chi connectivity index (χ1n) is 9.74. The zero-order valence-electron chi connectivity index (χ0n) is 17.1. The third kappa shape index (κ3) is 4.85. The minimum absolute atomic E-state index is 0.115. The van der Waals surface area contributed by atoms with Gasteiger partial charge >= 0.3 is 0 Å². The van der Waals surface area contributed by atoms with E-state index >= 15 is 0 Å². The Morgan fingerprint density at radius 3 is 2.58 bits per heavy atom. The minimum atomic E-state index is -0.115. The van der Waals surface area contributed by atoms with E-state index in [1.807, 2.05) is 86.7 Å². The van der Waals surface area contributed by atoms with Crippen molar-refractivity contribution in [2.24, 2.45) is 0 Å². The number of amides is 1. The Kier molecular flexibility index (Phi) is 6.46. The number of benzene rings is 3. The van der Waals surface area contributed by atoms with Crippen LogP contribution in [-0.2, 0) is 11.4 Å². The molecule has 1 fully saturated rings. The van der Waals surface area contributed by atoms with E-state index in [4.69, 9.17) is 28.6 Å². The number of para-hydroxylation sites is 1. The summed E-state index contributed by atoms with van der Waals surface area (Å²) in [5.74, 6) is 0.589. The van der Waals surface area contributed by atoms with Crippen LogP contribution < -0.4 is 9.64 Å². The van der Waals surface area contributed by atoms with Crippen molar-refractivity contribution < 1.29 is 9.53 Å². The van der Waals surface area contributed by atoms with E-state index in [0.29, 0.717) is 26.6 Å². The van der Waals surface area contributed by atoms with E-state index in [2.05, 4.69) is 0 Å². The molecule has 0 spiro atoms. The van der Waals surface area contributed by atoms with Crippen LogP contribution in [-0.4, -0.2) is 10.2 Å². The van der Waals surface area contributed by atoms with Gasteiger partial charge in [0.2, 0.25) is 0 Å². The molecule has 3 nitrogen and oxygen atoms in total. The fraction of sp³-hybridized carbons (Fsp3) is 0.120. The van der Waals surface area contributed by atoms with Crippen molar-refractivity contribution in [1.29, 1.82) is 0 Å². The summed E-state index contributed by atoms with van der Waals surface area (Å²) in [7, 11) is 0. The molecular formula is C25H20ClNO2S2. The number of aryl methyl sites for hydroxylation is 2. The number of hydrogen-bond acceptors (Lipinski definition) is 4. The topological polar surface area (TPSA) is 29.5 Å². The van der Waals surface area contributed by atoms with Crippen LogP contribution in [0.5, 0.6) is 5.75 Å². The molecule has 0 bridgehead atoms. The standard InChI is InChI=1S/C25H20ClNO2S2/c1-16-7-8-17(2)21(13-16)27-24(28)23(31-25(27)30)14-19-5-3-4-6-22(19)29-15-18-9-11-20(26)12-10-18/h3-14H,15H2,1-2H3. The van der Waals surface area contributed by atoms with Crippen LogP contribution in [0.25, 0.3) is 6.08 Å². The molecule has 31 heavy (non-hydrogen) atoms. The highest BCUT2D eigenvalue weighted by Crippen LogP contribution is 2.38. The van der Waals surface area contributed by atoms with Crippen LogP contribution in [0.3, 0.4) is 0 Å². The third-order valence-corrected chi connectivity index (χ3v) is 6.47. The number of hydrogen-bond donors (Lipinski definition) is 0. The van der Waals surface area contributed by atoms with Crippen molar-refractivity contribution in [1.82, 2.24) is 0 Å². The third-order valence-electron chi connectivity index (χ3n) is 4.91. The van der Waals surface area contributed by atoms with Crippen molar-refractivity contribution >= 4 is 57.6 Å². The first-order chi connectivity index (χ1) is 14.9. The quantitative estimate of drug-likeness (QED) is 0.301. The second-order valence-electron chi connectivity index (χ2n) is 7.26. The molecule has 1 heterocycles. The summed E-state index contributed by atoms with van der Waals surface area (Å²) in [4.78, 5) is 15.4. The van der Waals surface area contributed by atoms with Gasteiger partial charge in [-0.3, -0.25) is 9.69 Å². The van der Waals surface area contributed by atoms with Gasteiger partial charge in [-0.25, -0.2) is 0 Å². The lowest BCUT2D eigenvalue weighted by Crippen LogP contribution is -2.28. The molecular weight excluding hydrogens is 446 g/mol. The predicted molar refractivity (Wildman–Crippen MR) is 134 cm³/mol. The van der Waals surface area contributed by atoms with Gasteiger partial charge in [0.1, 0.15) is 12.4 Å². The fourth-order valence-corrected chi connectivity index (χ4v) is 4.65. The first-order valence-corrected chi connectivity index (χ1v) is 11.3. The summed E-state index contributed by atoms with van der Waals surface area (Å²) in [5, 5.41) is 0.690. The maximum Gasteiger partial charge on any atom is 0.270 e. The van der Waals surface area contributed by atoms with Gasteiger partial charge in [-0.05, 0) is 60.9 Å².